The lowest BCUT2D eigenvalue weighted by molar-refractivity contribution is 0.00700. The molecule has 10 heteroatoms. The highest BCUT2D eigenvalue weighted by Crippen LogP contribution is 2.37. The number of anilines is 2. The van der Waals surface area contributed by atoms with Crippen molar-refractivity contribution in [3.63, 3.8) is 0 Å². The number of ether oxygens (including phenoxy) is 1. The molecule has 1 aliphatic heterocycles. The Morgan fingerprint density at radius 1 is 0.933 bits per heavy atom. The lowest BCUT2D eigenvalue weighted by atomic mass is 9.92. The minimum absolute atomic E-state index is 0.170. The first-order valence-electron chi connectivity index (χ1n) is 14.7. The number of hydrogen-bond donors (Lipinski definition) is 1. The van der Waals surface area contributed by atoms with Crippen molar-refractivity contribution in [2.45, 2.75) is 53.2 Å². The third-order valence-corrected chi connectivity index (χ3v) is 8.36. The van der Waals surface area contributed by atoms with Crippen LogP contribution >= 0.6 is 0 Å². The largest absolute Gasteiger partial charge is 0.465 e. The van der Waals surface area contributed by atoms with Crippen molar-refractivity contribution in [3.05, 3.63) is 93.9 Å². The number of fused-ring (bicyclic) bond motifs is 1. The molecule has 0 aliphatic carbocycles. The van der Waals surface area contributed by atoms with E-state index in [1.807, 2.05) is 61.9 Å². The van der Waals surface area contributed by atoms with Crippen LogP contribution in [0, 0.1) is 25.2 Å². The van der Waals surface area contributed by atoms with Crippen LogP contribution in [0.2, 0.25) is 0 Å². The molecule has 0 radical (unpaired) electrons. The number of aromatic nitrogens is 2. The second kappa shape index (κ2) is 11.7. The summed E-state index contributed by atoms with van der Waals surface area (Å²) in [7, 11) is 3.64. The summed E-state index contributed by atoms with van der Waals surface area (Å²) in [6.45, 7) is 9.61. The molecule has 232 valence electrons. The summed E-state index contributed by atoms with van der Waals surface area (Å²) in [5.74, 6) is -0.818. The van der Waals surface area contributed by atoms with Crippen LogP contribution < -0.4 is 4.90 Å². The van der Waals surface area contributed by atoms with Crippen LogP contribution in [0.5, 0.6) is 0 Å². The lowest BCUT2D eigenvalue weighted by Gasteiger charge is -2.28. The highest BCUT2D eigenvalue weighted by atomic mass is 16.6. The van der Waals surface area contributed by atoms with Crippen molar-refractivity contribution in [2.24, 2.45) is 14.1 Å². The molecule has 0 fully saturated rings. The quantitative estimate of drug-likeness (QED) is 0.259. The number of carbonyl (C=O) groups excluding carboxylic acids is 2. The molecule has 0 atom stereocenters. The van der Waals surface area contributed by atoms with Gasteiger partial charge in [-0.15, -0.1) is 0 Å². The van der Waals surface area contributed by atoms with Gasteiger partial charge in [0.05, 0.1) is 16.8 Å². The Balaban J connectivity index is 1.67. The van der Waals surface area contributed by atoms with Gasteiger partial charge >= 0.3 is 12.1 Å². The van der Waals surface area contributed by atoms with E-state index in [0.29, 0.717) is 58.1 Å². The molecule has 1 aliphatic rings. The van der Waals surface area contributed by atoms with Gasteiger partial charge in [0.1, 0.15) is 17.4 Å². The first kappa shape index (κ1) is 31.1. The summed E-state index contributed by atoms with van der Waals surface area (Å²) in [5, 5.41) is 19.3. The van der Waals surface area contributed by atoms with E-state index in [9.17, 15) is 24.8 Å². The molecule has 0 spiro atoms. The van der Waals surface area contributed by atoms with Crippen molar-refractivity contribution in [3.8, 4) is 17.3 Å². The number of esters is 1. The molecule has 0 bridgehead atoms. The smallest absolute Gasteiger partial charge is 0.407 e. The molecule has 2 aromatic heterocycles. The standard InChI is InChI=1S/C35H37N5O5/c1-21-27(32(41)40(25-11-9-8-10-12-25)30-17-26(19-36)37(6)22(30)2)18-31(38(21)7)28-15-23-13-14-39(34(43)44)20-24(23)16-29(28)33(42)45-35(3,4)5/h8-12,15-18H,13-14,20H2,1-7H3,(H,43,44). The molecular weight excluding hydrogens is 570 g/mol. The number of carboxylic acid groups (broad SMARTS) is 1. The molecule has 5 rings (SSSR count). The summed E-state index contributed by atoms with van der Waals surface area (Å²) in [6, 6.07) is 18.6. The van der Waals surface area contributed by atoms with Gasteiger partial charge < -0.3 is 23.9 Å². The topological polar surface area (TPSA) is 121 Å². The van der Waals surface area contributed by atoms with Crippen LogP contribution in [0.25, 0.3) is 11.3 Å². The van der Waals surface area contributed by atoms with E-state index in [2.05, 4.69) is 6.07 Å². The fourth-order valence-electron chi connectivity index (χ4n) is 5.74. The normalized spacial score (nSPS) is 12.8. The Bertz CT molecular complexity index is 1870. The average Bonchev–Trinajstić information content (AvgIpc) is 3.45. The molecule has 10 nitrogen and oxygen atoms in total. The van der Waals surface area contributed by atoms with E-state index < -0.39 is 17.7 Å². The third kappa shape index (κ3) is 5.81. The summed E-state index contributed by atoms with van der Waals surface area (Å²) in [6.07, 6.45) is -0.516. The maximum atomic E-state index is 14.5. The lowest BCUT2D eigenvalue weighted by Crippen LogP contribution is -2.35. The molecule has 0 saturated heterocycles. The molecule has 4 aromatic rings. The number of nitriles is 1. The van der Waals surface area contributed by atoms with Crippen LogP contribution in [0.3, 0.4) is 0 Å². The molecule has 45 heavy (non-hydrogen) atoms. The van der Waals surface area contributed by atoms with Crippen LogP contribution in [-0.4, -0.2) is 49.3 Å². The maximum absolute atomic E-state index is 14.5. The minimum Gasteiger partial charge on any atom is -0.465 e. The van der Waals surface area contributed by atoms with Crippen molar-refractivity contribution >= 4 is 29.3 Å². The van der Waals surface area contributed by atoms with Crippen LogP contribution in [0.1, 0.15) is 69.7 Å². The third-order valence-electron chi connectivity index (χ3n) is 8.36. The van der Waals surface area contributed by atoms with Gasteiger partial charge in [-0.3, -0.25) is 9.69 Å². The predicted octanol–water partition coefficient (Wildman–Crippen LogP) is 6.49. The Kier molecular flexibility index (Phi) is 8.06. The van der Waals surface area contributed by atoms with Gasteiger partial charge in [-0.1, -0.05) is 18.2 Å². The molecule has 2 aromatic carbocycles. The van der Waals surface area contributed by atoms with Crippen LogP contribution in [0.4, 0.5) is 16.2 Å². The molecule has 0 unspecified atom stereocenters. The second-order valence-corrected chi connectivity index (χ2v) is 12.4. The highest BCUT2D eigenvalue weighted by Gasteiger charge is 2.31. The number of hydrogen-bond acceptors (Lipinski definition) is 5. The molecule has 3 heterocycles. The summed E-state index contributed by atoms with van der Waals surface area (Å²) in [4.78, 5) is 42.8. The van der Waals surface area contributed by atoms with E-state index in [0.717, 1.165) is 16.8 Å². The monoisotopic (exact) mass is 607 g/mol. The average molecular weight is 608 g/mol. The summed E-state index contributed by atoms with van der Waals surface area (Å²) in [5.41, 5.74) is 6.04. The van der Waals surface area contributed by atoms with Gasteiger partial charge in [-0.05, 0) is 88.6 Å². The second-order valence-electron chi connectivity index (χ2n) is 12.4. The SMILES string of the molecule is Cc1c(N(C(=O)c2cc(-c3cc4c(cc3C(=O)OC(C)(C)C)CN(C(=O)O)CC4)n(C)c2C)c2ccccc2)cc(C#N)n1C. The van der Waals surface area contributed by atoms with Gasteiger partial charge in [0, 0.05) is 55.5 Å². The maximum Gasteiger partial charge on any atom is 0.407 e. The van der Waals surface area contributed by atoms with E-state index in [-0.39, 0.29) is 12.5 Å². The van der Waals surface area contributed by atoms with Gasteiger partial charge in [0.15, 0.2) is 0 Å². The Morgan fingerprint density at radius 3 is 2.22 bits per heavy atom. The van der Waals surface area contributed by atoms with E-state index in [1.165, 1.54) is 4.90 Å². The van der Waals surface area contributed by atoms with E-state index in [1.54, 1.807) is 55.5 Å². The van der Waals surface area contributed by atoms with Crippen molar-refractivity contribution in [1.29, 1.82) is 5.26 Å². The minimum atomic E-state index is -1.01. The van der Waals surface area contributed by atoms with Crippen molar-refractivity contribution < 1.29 is 24.2 Å². The number of para-hydroxylation sites is 1. The first-order valence-corrected chi connectivity index (χ1v) is 14.7. The van der Waals surface area contributed by atoms with E-state index >= 15 is 0 Å². The molecule has 1 N–H and O–H groups in total. The first-order chi connectivity index (χ1) is 21.2. The fraction of sp³-hybridized carbons (Fsp3) is 0.314. The fourth-order valence-corrected chi connectivity index (χ4v) is 5.74. The Labute approximate surface area is 262 Å². The van der Waals surface area contributed by atoms with Crippen LogP contribution in [-0.2, 0) is 31.8 Å². The number of amides is 2. The molecule has 2 amide bonds. The van der Waals surface area contributed by atoms with Crippen LogP contribution in [0.15, 0.2) is 54.6 Å². The zero-order valence-corrected chi connectivity index (χ0v) is 26.6. The number of carbonyl (C=O) groups is 3. The number of rotatable bonds is 5. The van der Waals surface area contributed by atoms with Crippen molar-refractivity contribution in [2.75, 3.05) is 11.4 Å². The molecule has 0 saturated carbocycles. The van der Waals surface area contributed by atoms with Gasteiger partial charge in [0.25, 0.3) is 5.91 Å². The number of benzene rings is 2. The number of nitrogens with zero attached hydrogens (tertiary/aromatic N) is 5. The Hall–Kier alpha value is -5.30. The van der Waals surface area contributed by atoms with Gasteiger partial charge in [0.2, 0.25) is 0 Å². The zero-order valence-electron chi connectivity index (χ0n) is 26.6. The predicted molar refractivity (Wildman–Crippen MR) is 171 cm³/mol. The van der Waals surface area contributed by atoms with E-state index in [4.69, 9.17) is 4.74 Å². The highest BCUT2D eigenvalue weighted by molar-refractivity contribution is 6.13. The summed E-state index contributed by atoms with van der Waals surface area (Å²) < 4.78 is 9.43. The summed E-state index contributed by atoms with van der Waals surface area (Å²) >= 11 is 0. The molecular formula is C35H37N5O5. The van der Waals surface area contributed by atoms with Gasteiger partial charge in [-0.25, -0.2) is 9.59 Å². The zero-order chi connectivity index (χ0) is 32.8. The Morgan fingerprint density at radius 2 is 1.62 bits per heavy atom. The van der Waals surface area contributed by atoms with Gasteiger partial charge in [-0.2, -0.15) is 5.26 Å². The van der Waals surface area contributed by atoms with Crippen molar-refractivity contribution in [1.82, 2.24) is 14.0 Å².